The predicted molar refractivity (Wildman–Crippen MR) is 97.6 cm³/mol. The summed E-state index contributed by atoms with van der Waals surface area (Å²) in [6, 6.07) is 17.4. The van der Waals surface area contributed by atoms with Crippen molar-refractivity contribution in [1.29, 1.82) is 0 Å². The smallest absolute Gasteiger partial charge is 0.256 e. The van der Waals surface area contributed by atoms with Crippen LogP contribution in [-0.2, 0) is 0 Å². The Kier molecular flexibility index (Phi) is 3.63. The zero-order valence-corrected chi connectivity index (χ0v) is 13.9. The van der Waals surface area contributed by atoms with Crippen LogP contribution < -0.4 is 5.32 Å². The van der Waals surface area contributed by atoms with Crippen molar-refractivity contribution in [3.8, 4) is 11.3 Å². The molecule has 4 rings (SSSR count). The minimum atomic E-state index is -0.135. The number of imidazole rings is 1. The Morgan fingerprint density at radius 2 is 1.96 bits per heavy atom. The van der Waals surface area contributed by atoms with E-state index in [0.717, 1.165) is 21.8 Å². The molecule has 0 unspecified atom stereocenters. The number of anilines is 1. The van der Waals surface area contributed by atoms with Crippen LogP contribution in [0.3, 0.4) is 0 Å². The van der Waals surface area contributed by atoms with Gasteiger partial charge in [-0.15, -0.1) is 11.3 Å². The van der Waals surface area contributed by atoms with Crippen molar-refractivity contribution in [1.82, 2.24) is 9.38 Å². The molecule has 0 spiro atoms. The Morgan fingerprint density at radius 1 is 1.12 bits per heavy atom. The number of aromatic nitrogens is 2. The van der Waals surface area contributed by atoms with Gasteiger partial charge in [-0.05, 0) is 19.1 Å². The quantitative estimate of drug-likeness (QED) is 0.594. The number of benzene rings is 2. The number of carbonyl (C=O) groups is 1. The number of thiazole rings is 1. The van der Waals surface area contributed by atoms with E-state index in [0.29, 0.717) is 11.4 Å². The van der Waals surface area contributed by atoms with Crippen molar-refractivity contribution < 1.29 is 4.79 Å². The number of nitrogens with one attached hydrogen (secondary N) is 1. The van der Waals surface area contributed by atoms with Crippen LogP contribution in [0.15, 0.2) is 66.2 Å². The van der Waals surface area contributed by atoms with Crippen molar-refractivity contribution in [3.05, 3.63) is 77.3 Å². The highest BCUT2D eigenvalue weighted by Crippen LogP contribution is 2.30. The summed E-state index contributed by atoms with van der Waals surface area (Å²) in [5.41, 5.74) is 3.45. The van der Waals surface area contributed by atoms with Gasteiger partial charge in [0.2, 0.25) is 0 Å². The summed E-state index contributed by atoms with van der Waals surface area (Å²) in [4.78, 5) is 18.2. The number of carbonyl (C=O) groups excluding carboxylic acids is 1. The van der Waals surface area contributed by atoms with Gasteiger partial charge in [0.15, 0.2) is 4.96 Å². The van der Waals surface area contributed by atoms with E-state index < -0.39 is 0 Å². The highest BCUT2D eigenvalue weighted by atomic mass is 32.1. The summed E-state index contributed by atoms with van der Waals surface area (Å²) in [7, 11) is 0. The van der Waals surface area contributed by atoms with Crippen LogP contribution in [0.25, 0.3) is 16.2 Å². The van der Waals surface area contributed by atoms with E-state index in [-0.39, 0.29) is 5.91 Å². The lowest BCUT2D eigenvalue weighted by Gasteiger charge is -2.07. The highest BCUT2D eigenvalue weighted by Gasteiger charge is 2.17. The van der Waals surface area contributed by atoms with Crippen LogP contribution in [0.5, 0.6) is 0 Å². The summed E-state index contributed by atoms with van der Waals surface area (Å²) in [6.45, 7) is 1.97. The first-order valence-electron chi connectivity index (χ1n) is 7.61. The second-order valence-electron chi connectivity index (χ2n) is 5.55. The van der Waals surface area contributed by atoms with Gasteiger partial charge in [-0.25, -0.2) is 4.98 Å². The summed E-state index contributed by atoms with van der Waals surface area (Å²) in [5.74, 6) is 0.563. The maximum absolute atomic E-state index is 12.7. The van der Waals surface area contributed by atoms with Gasteiger partial charge in [0, 0.05) is 22.7 Å². The van der Waals surface area contributed by atoms with Gasteiger partial charge in [-0.3, -0.25) is 9.20 Å². The maximum atomic E-state index is 12.7. The molecular weight excluding hydrogens is 318 g/mol. The Hall–Kier alpha value is -2.92. The molecule has 0 radical (unpaired) electrons. The number of amides is 1. The number of fused-ring (bicyclic) bond motifs is 1. The van der Waals surface area contributed by atoms with E-state index in [2.05, 4.69) is 10.3 Å². The molecule has 2 heterocycles. The van der Waals surface area contributed by atoms with Crippen LogP contribution in [0.1, 0.15) is 15.9 Å². The fourth-order valence-corrected chi connectivity index (χ4v) is 3.38. The summed E-state index contributed by atoms with van der Waals surface area (Å²) in [5, 5.41) is 4.99. The van der Waals surface area contributed by atoms with Crippen molar-refractivity contribution in [2.45, 2.75) is 6.92 Å². The number of rotatable bonds is 3. The Bertz CT molecular complexity index is 1020. The van der Waals surface area contributed by atoms with Crippen LogP contribution in [0.2, 0.25) is 0 Å². The first kappa shape index (κ1) is 14.7. The normalized spacial score (nSPS) is 10.9. The van der Waals surface area contributed by atoms with E-state index in [9.17, 15) is 4.79 Å². The second-order valence-corrected chi connectivity index (χ2v) is 6.43. The molecule has 0 bridgehead atoms. The molecule has 118 valence electrons. The van der Waals surface area contributed by atoms with E-state index >= 15 is 0 Å². The van der Waals surface area contributed by atoms with E-state index in [1.165, 1.54) is 0 Å². The molecule has 24 heavy (non-hydrogen) atoms. The Balaban J connectivity index is 1.78. The number of hydrogen-bond acceptors (Lipinski definition) is 3. The predicted octanol–water partition coefficient (Wildman–Crippen LogP) is 4.62. The van der Waals surface area contributed by atoms with Crippen LogP contribution >= 0.6 is 11.3 Å². The molecule has 0 saturated heterocycles. The molecule has 0 aliphatic heterocycles. The third kappa shape index (κ3) is 2.59. The first-order valence-corrected chi connectivity index (χ1v) is 8.49. The minimum absolute atomic E-state index is 0.135. The fourth-order valence-electron chi connectivity index (χ4n) is 2.67. The number of nitrogens with zero attached hydrogens (tertiary/aromatic N) is 2. The van der Waals surface area contributed by atoms with Gasteiger partial charge >= 0.3 is 0 Å². The second kappa shape index (κ2) is 5.94. The van der Waals surface area contributed by atoms with E-state index in [4.69, 9.17) is 0 Å². The molecule has 0 atom stereocenters. The highest BCUT2D eigenvalue weighted by molar-refractivity contribution is 7.15. The maximum Gasteiger partial charge on any atom is 0.256 e. The average molecular weight is 333 g/mol. The SMILES string of the molecule is Cc1cccc(C(=O)Nc2c(-c3ccccc3)nc3sccn23)c1. The average Bonchev–Trinajstić information content (AvgIpc) is 3.18. The third-order valence-corrected chi connectivity index (χ3v) is 4.58. The zero-order valence-electron chi connectivity index (χ0n) is 13.1. The molecule has 2 aromatic heterocycles. The zero-order chi connectivity index (χ0) is 16.5. The summed E-state index contributed by atoms with van der Waals surface area (Å²) in [6.07, 6.45) is 1.92. The van der Waals surface area contributed by atoms with Gasteiger partial charge < -0.3 is 5.32 Å². The molecule has 0 saturated carbocycles. The number of hydrogen-bond donors (Lipinski definition) is 1. The monoisotopic (exact) mass is 333 g/mol. The molecule has 5 heteroatoms. The first-order chi connectivity index (χ1) is 11.7. The lowest BCUT2D eigenvalue weighted by Crippen LogP contribution is -2.14. The molecule has 4 aromatic rings. The van der Waals surface area contributed by atoms with Gasteiger partial charge in [0.1, 0.15) is 11.5 Å². The van der Waals surface area contributed by atoms with Crippen molar-refractivity contribution in [2.24, 2.45) is 0 Å². The summed E-state index contributed by atoms with van der Waals surface area (Å²) < 4.78 is 1.92. The lowest BCUT2D eigenvalue weighted by molar-refractivity contribution is 0.102. The molecule has 1 N–H and O–H groups in total. The molecule has 1 amide bonds. The molecule has 0 aliphatic carbocycles. The largest absolute Gasteiger partial charge is 0.306 e. The van der Waals surface area contributed by atoms with Crippen LogP contribution in [0.4, 0.5) is 5.82 Å². The topological polar surface area (TPSA) is 46.4 Å². The fraction of sp³-hybridized carbons (Fsp3) is 0.0526. The van der Waals surface area contributed by atoms with E-state index in [1.54, 1.807) is 11.3 Å². The van der Waals surface area contributed by atoms with Gasteiger partial charge in [-0.1, -0.05) is 48.0 Å². The molecular formula is C19H15N3OS. The molecule has 0 fully saturated rings. The molecule has 2 aromatic carbocycles. The standard InChI is InChI=1S/C19H15N3OS/c1-13-6-5-9-15(12-13)18(23)21-17-16(14-7-3-2-4-8-14)20-19-22(17)10-11-24-19/h2-12H,1H3,(H,21,23). The van der Waals surface area contributed by atoms with Gasteiger partial charge in [-0.2, -0.15) is 0 Å². The minimum Gasteiger partial charge on any atom is -0.306 e. The Morgan fingerprint density at radius 3 is 2.75 bits per heavy atom. The third-order valence-electron chi connectivity index (χ3n) is 3.82. The summed E-state index contributed by atoms with van der Waals surface area (Å²) >= 11 is 1.54. The Labute approximate surface area is 143 Å². The van der Waals surface area contributed by atoms with Crippen LogP contribution in [-0.4, -0.2) is 15.3 Å². The van der Waals surface area contributed by atoms with Crippen molar-refractivity contribution >= 4 is 28.0 Å². The van der Waals surface area contributed by atoms with Crippen LogP contribution in [0, 0.1) is 6.92 Å². The van der Waals surface area contributed by atoms with Crippen molar-refractivity contribution in [2.75, 3.05) is 5.32 Å². The van der Waals surface area contributed by atoms with Gasteiger partial charge in [0.05, 0.1) is 0 Å². The van der Waals surface area contributed by atoms with Crippen molar-refractivity contribution in [3.63, 3.8) is 0 Å². The molecule has 0 aliphatic rings. The van der Waals surface area contributed by atoms with Gasteiger partial charge in [0.25, 0.3) is 5.91 Å². The molecule has 4 nitrogen and oxygen atoms in total. The lowest BCUT2D eigenvalue weighted by atomic mass is 10.1. The van der Waals surface area contributed by atoms with E-state index in [1.807, 2.05) is 77.5 Å². The number of aryl methyl sites for hydroxylation is 1.